The number of hydrogen-bond acceptors (Lipinski definition) is 3. The van der Waals surface area contributed by atoms with Gasteiger partial charge in [0.1, 0.15) is 17.3 Å². The van der Waals surface area contributed by atoms with E-state index in [1.807, 2.05) is 23.6 Å². The number of hydrogen-bond donors (Lipinski definition) is 1. The van der Waals surface area contributed by atoms with Crippen LogP contribution in [0.3, 0.4) is 0 Å². The highest BCUT2D eigenvalue weighted by Crippen LogP contribution is 2.30. The number of benzene rings is 1. The molecule has 1 unspecified atom stereocenters. The third-order valence-corrected chi connectivity index (χ3v) is 4.30. The molecule has 1 aliphatic heterocycles. The van der Waals surface area contributed by atoms with Crippen LogP contribution in [0.15, 0.2) is 12.1 Å². The van der Waals surface area contributed by atoms with Crippen molar-refractivity contribution in [1.82, 2.24) is 5.32 Å². The summed E-state index contributed by atoms with van der Waals surface area (Å²) in [4.78, 5) is 1.84. The summed E-state index contributed by atoms with van der Waals surface area (Å²) in [5, 5.41) is 2.90. The second-order valence-electron chi connectivity index (χ2n) is 4.56. The van der Waals surface area contributed by atoms with E-state index < -0.39 is 11.6 Å². The topological polar surface area (TPSA) is 15.3 Å². The van der Waals surface area contributed by atoms with Gasteiger partial charge in [-0.05, 0) is 31.7 Å². The smallest absolute Gasteiger partial charge is 0.149 e. The number of anilines is 1. The van der Waals surface area contributed by atoms with E-state index in [1.54, 1.807) is 7.05 Å². The maximum Gasteiger partial charge on any atom is 0.149 e. The molecule has 1 aromatic carbocycles. The van der Waals surface area contributed by atoms with Gasteiger partial charge in [0, 0.05) is 30.6 Å². The highest BCUT2D eigenvalue weighted by Gasteiger charge is 2.24. The highest BCUT2D eigenvalue weighted by molar-refractivity contribution is 7.99. The number of nitrogens with one attached hydrogen (secondary N) is 1. The van der Waals surface area contributed by atoms with E-state index in [4.69, 9.17) is 0 Å². The minimum absolute atomic E-state index is 0.127. The van der Waals surface area contributed by atoms with Crippen LogP contribution in [0.4, 0.5) is 14.5 Å². The SMILES string of the molecule is CNCc1cc(F)c(N2CCSCC2C)c(F)c1. The molecule has 2 nitrogen and oxygen atoms in total. The molecule has 0 spiro atoms. The summed E-state index contributed by atoms with van der Waals surface area (Å²) < 4.78 is 28.2. The van der Waals surface area contributed by atoms with Gasteiger partial charge in [-0.15, -0.1) is 0 Å². The molecule has 0 radical (unpaired) electrons. The molecule has 1 heterocycles. The van der Waals surface area contributed by atoms with Crippen molar-refractivity contribution in [2.45, 2.75) is 19.5 Å². The fourth-order valence-corrected chi connectivity index (χ4v) is 3.27. The second-order valence-corrected chi connectivity index (χ2v) is 5.71. The monoisotopic (exact) mass is 272 g/mol. The fraction of sp³-hybridized carbons (Fsp3) is 0.538. The molecular formula is C13H18F2N2S. The Hall–Kier alpha value is -0.810. The summed E-state index contributed by atoms with van der Waals surface area (Å²) in [7, 11) is 1.76. The Balaban J connectivity index is 2.32. The molecule has 0 aliphatic carbocycles. The summed E-state index contributed by atoms with van der Waals surface area (Å²) in [6, 6.07) is 3.01. The van der Waals surface area contributed by atoms with E-state index in [9.17, 15) is 8.78 Å². The Morgan fingerprint density at radius 1 is 1.39 bits per heavy atom. The normalized spacial score (nSPS) is 20.2. The lowest BCUT2D eigenvalue weighted by Gasteiger charge is -2.35. The first-order valence-electron chi connectivity index (χ1n) is 6.10. The van der Waals surface area contributed by atoms with Gasteiger partial charge in [-0.3, -0.25) is 0 Å². The third kappa shape index (κ3) is 2.78. The molecule has 1 fully saturated rings. The van der Waals surface area contributed by atoms with Crippen molar-refractivity contribution < 1.29 is 8.78 Å². The van der Waals surface area contributed by atoms with E-state index in [2.05, 4.69) is 5.32 Å². The lowest BCUT2D eigenvalue weighted by atomic mass is 10.1. The molecular weight excluding hydrogens is 254 g/mol. The van der Waals surface area contributed by atoms with Crippen molar-refractivity contribution in [3.63, 3.8) is 0 Å². The van der Waals surface area contributed by atoms with Crippen LogP contribution in [-0.4, -0.2) is 31.1 Å². The molecule has 0 saturated carbocycles. The van der Waals surface area contributed by atoms with E-state index >= 15 is 0 Å². The first-order valence-corrected chi connectivity index (χ1v) is 7.26. The van der Waals surface area contributed by atoms with E-state index in [0.29, 0.717) is 18.7 Å². The molecule has 5 heteroatoms. The van der Waals surface area contributed by atoms with Gasteiger partial charge in [0.2, 0.25) is 0 Å². The Bertz CT molecular complexity index is 402. The summed E-state index contributed by atoms with van der Waals surface area (Å²) in [6.45, 7) is 3.18. The van der Waals surface area contributed by atoms with Gasteiger partial charge in [-0.25, -0.2) is 8.78 Å². The average molecular weight is 272 g/mol. The van der Waals surface area contributed by atoms with Crippen molar-refractivity contribution in [2.75, 3.05) is 30.0 Å². The Kier molecular flexibility index (Phi) is 4.45. The number of rotatable bonds is 3. The van der Waals surface area contributed by atoms with E-state index in [-0.39, 0.29) is 11.7 Å². The molecule has 1 N–H and O–H groups in total. The molecule has 1 saturated heterocycles. The van der Waals surface area contributed by atoms with Crippen molar-refractivity contribution in [3.8, 4) is 0 Å². The predicted octanol–water partition coefficient (Wildman–Crippen LogP) is 2.63. The maximum atomic E-state index is 14.1. The van der Waals surface area contributed by atoms with Crippen molar-refractivity contribution >= 4 is 17.4 Å². The van der Waals surface area contributed by atoms with Crippen LogP contribution >= 0.6 is 11.8 Å². The van der Waals surface area contributed by atoms with Crippen LogP contribution in [0.2, 0.25) is 0 Å². The molecule has 18 heavy (non-hydrogen) atoms. The van der Waals surface area contributed by atoms with Gasteiger partial charge in [0.15, 0.2) is 0 Å². The molecule has 100 valence electrons. The molecule has 1 aliphatic rings. The average Bonchev–Trinajstić information content (AvgIpc) is 2.31. The lowest BCUT2D eigenvalue weighted by Crippen LogP contribution is -2.41. The predicted molar refractivity (Wildman–Crippen MR) is 73.3 cm³/mol. The van der Waals surface area contributed by atoms with Crippen molar-refractivity contribution in [1.29, 1.82) is 0 Å². The summed E-state index contributed by atoms with van der Waals surface area (Å²) >= 11 is 1.83. The third-order valence-electron chi connectivity index (χ3n) is 3.11. The second kappa shape index (κ2) is 5.89. The van der Waals surface area contributed by atoms with Crippen molar-refractivity contribution in [3.05, 3.63) is 29.3 Å². The molecule has 1 aromatic rings. The van der Waals surface area contributed by atoms with Gasteiger partial charge in [-0.1, -0.05) is 0 Å². The zero-order valence-electron chi connectivity index (χ0n) is 10.7. The summed E-state index contributed by atoms with van der Waals surface area (Å²) in [5.41, 5.74) is 0.762. The summed E-state index contributed by atoms with van der Waals surface area (Å²) in [6.07, 6.45) is 0. The van der Waals surface area contributed by atoms with Crippen LogP contribution in [0.1, 0.15) is 12.5 Å². The largest absolute Gasteiger partial charge is 0.362 e. The fourth-order valence-electron chi connectivity index (χ4n) is 2.26. The van der Waals surface area contributed by atoms with Gasteiger partial charge in [0.25, 0.3) is 0 Å². The van der Waals surface area contributed by atoms with E-state index in [0.717, 1.165) is 11.5 Å². The Morgan fingerprint density at radius 2 is 2.06 bits per heavy atom. The lowest BCUT2D eigenvalue weighted by molar-refractivity contribution is 0.554. The van der Waals surface area contributed by atoms with Crippen LogP contribution in [-0.2, 0) is 6.54 Å². The number of halogens is 2. The first-order chi connectivity index (χ1) is 8.63. The zero-order chi connectivity index (χ0) is 13.1. The Morgan fingerprint density at radius 3 is 2.61 bits per heavy atom. The molecule has 2 rings (SSSR count). The number of thioether (sulfide) groups is 1. The molecule has 0 aromatic heterocycles. The van der Waals surface area contributed by atoms with Crippen LogP contribution in [0, 0.1) is 11.6 Å². The number of nitrogens with zero attached hydrogens (tertiary/aromatic N) is 1. The standard InChI is InChI=1S/C13H18F2N2S/c1-9-8-18-4-3-17(9)13-11(14)5-10(7-16-2)6-12(13)15/h5-6,9,16H,3-4,7-8H2,1-2H3. The minimum atomic E-state index is -0.459. The highest BCUT2D eigenvalue weighted by atomic mass is 32.2. The molecule has 1 atom stereocenters. The quantitative estimate of drug-likeness (QED) is 0.910. The minimum Gasteiger partial charge on any atom is -0.362 e. The van der Waals surface area contributed by atoms with Gasteiger partial charge < -0.3 is 10.2 Å². The van der Waals surface area contributed by atoms with Gasteiger partial charge in [0.05, 0.1) is 0 Å². The summed E-state index contributed by atoms with van der Waals surface area (Å²) in [5.74, 6) is 0.913. The first kappa shape index (κ1) is 13.6. The van der Waals surface area contributed by atoms with Crippen LogP contribution in [0.25, 0.3) is 0 Å². The zero-order valence-corrected chi connectivity index (χ0v) is 11.5. The maximum absolute atomic E-state index is 14.1. The molecule has 0 bridgehead atoms. The van der Waals surface area contributed by atoms with Gasteiger partial charge in [-0.2, -0.15) is 11.8 Å². The van der Waals surface area contributed by atoms with Crippen LogP contribution < -0.4 is 10.2 Å². The van der Waals surface area contributed by atoms with Crippen LogP contribution in [0.5, 0.6) is 0 Å². The molecule has 0 amide bonds. The van der Waals surface area contributed by atoms with E-state index in [1.165, 1.54) is 12.1 Å². The van der Waals surface area contributed by atoms with Crippen molar-refractivity contribution in [2.24, 2.45) is 0 Å². The Labute approximate surface area is 111 Å². The van der Waals surface area contributed by atoms with Gasteiger partial charge >= 0.3 is 0 Å².